The molecule has 106 valence electrons. The Morgan fingerprint density at radius 3 is 2.63 bits per heavy atom. The quantitative estimate of drug-likeness (QED) is 0.894. The zero-order valence-electron chi connectivity index (χ0n) is 12.6. The van der Waals surface area contributed by atoms with Crippen molar-refractivity contribution in [2.75, 3.05) is 0 Å². The van der Waals surface area contributed by atoms with Gasteiger partial charge in [0.1, 0.15) is 11.9 Å². The smallest absolute Gasteiger partial charge is 0.125 e. The van der Waals surface area contributed by atoms with Crippen LogP contribution in [0.2, 0.25) is 0 Å². The van der Waals surface area contributed by atoms with E-state index in [1.165, 1.54) is 23.1 Å². The van der Waals surface area contributed by atoms with Gasteiger partial charge in [-0.05, 0) is 68.7 Å². The zero-order valence-corrected chi connectivity index (χ0v) is 12.6. The SMILES string of the molecule is CCC1CCC(O)C(Oc2cc(C)cc(C)c2C)C1. The molecule has 1 aromatic carbocycles. The van der Waals surface area contributed by atoms with Gasteiger partial charge in [-0.3, -0.25) is 0 Å². The topological polar surface area (TPSA) is 29.5 Å². The van der Waals surface area contributed by atoms with Crippen LogP contribution in [0, 0.1) is 26.7 Å². The van der Waals surface area contributed by atoms with Crippen LogP contribution in [-0.4, -0.2) is 17.3 Å². The zero-order chi connectivity index (χ0) is 14.0. The molecule has 1 aliphatic rings. The normalized spacial score (nSPS) is 27.3. The number of benzene rings is 1. The van der Waals surface area contributed by atoms with Crippen molar-refractivity contribution in [3.05, 3.63) is 28.8 Å². The maximum atomic E-state index is 10.1. The van der Waals surface area contributed by atoms with Crippen molar-refractivity contribution in [3.63, 3.8) is 0 Å². The highest BCUT2D eigenvalue weighted by molar-refractivity contribution is 5.42. The fourth-order valence-corrected chi connectivity index (χ4v) is 2.98. The molecule has 1 N–H and O–H groups in total. The van der Waals surface area contributed by atoms with Gasteiger partial charge >= 0.3 is 0 Å². The average molecular weight is 262 g/mol. The van der Waals surface area contributed by atoms with Crippen molar-refractivity contribution in [1.29, 1.82) is 0 Å². The van der Waals surface area contributed by atoms with E-state index in [2.05, 4.69) is 39.8 Å². The van der Waals surface area contributed by atoms with Gasteiger partial charge in [-0.2, -0.15) is 0 Å². The summed E-state index contributed by atoms with van der Waals surface area (Å²) in [4.78, 5) is 0. The summed E-state index contributed by atoms with van der Waals surface area (Å²) >= 11 is 0. The van der Waals surface area contributed by atoms with Crippen molar-refractivity contribution < 1.29 is 9.84 Å². The first kappa shape index (κ1) is 14.4. The van der Waals surface area contributed by atoms with Gasteiger partial charge in [0.25, 0.3) is 0 Å². The summed E-state index contributed by atoms with van der Waals surface area (Å²) in [6.07, 6.45) is 3.79. The lowest BCUT2D eigenvalue weighted by Gasteiger charge is -2.33. The second kappa shape index (κ2) is 5.96. The first-order valence-electron chi connectivity index (χ1n) is 7.43. The van der Waals surface area contributed by atoms with Crippen molar-refractivity contribution in [1.82, 2.24) is 0 Å². The molecule has 0 radical (unpaired) electrons. The van der Waals surface area contributed by atoms with E-state index in [0.717, 1.165) is 25.0 Å². The van der Waals surface area contributed by atoms with Crippen molar-refractivity contribution in [3.8, 4) is 5.75 Å². The Kier molecular flexibility index (Phi) is 4.51. The lowest BCUT2D eigenvalue weighted by molar-refractivity contribution is -0.0112. The Bertz CT molecular complexity index is 439. The number of hydrogen-bond acceptors (Lipinski definition) is 2. The summed E-state index contributed by atoms with van der Waals surface area (Å²) in [6, 6.07) is 4.26. The minimum Gasteiger partial charge on any atom is -0.487 e. The van der Waals surface area contributed by atoms with E-state index >= 15 is 0 Å². The molecule has 1 saturated carbocycles. The van der Waals surface area contributed by atoms with Gasteiger partial charge in [0, 0.05) is 0 Å². The van der Waals surface area contributed by atoms with Gasteiger partial charge in [-0.1, -0.05) is 19.4 Å². The van der Waals surface area contributed by atoms with E-state index in [9.17, 15) is 5.11 Å². The van der Waals surface area contributed by atoms with Crippen LogP contribution in [-0.2, 0) is 0 Å². The first-order valence-corrected chi connectivity index (χ1v) is 7.43. The van der Waals surface area contributed by atoms with E-state index < -0.39 is 0 Å². The first-order chi connectivity index (χ1) is 9.01. The van der Waals surface area contributed by atoms with Crippen LogP contribution >= 0.6 is 0 Å². The van der Waals surface area contributed by atoms with E-state index in [-0.39, 0.29) is 12.2 Å². The largest absolute Gasteiger partial charge is 0.487 e. The van der Waals surface area contributed by atoms with Gasteiger partial charge in [0.05, 0.1) is 6.10 Å². The lowest BCUT2D eigenvalue weighted by Crippen LogP contribution is -2.38. The highest BCUT2D eigenvalue weighted by Gasteiger charge is 2.30. The van der Waals surface area contributed by atoms with Crippen LogP contribution in [0.3, 0.4) is 0 Å². The summed E-state index contributed by atoms with van der Waals surface area (Å²) in [5.74, 6) is 1.64. The summed E-state index contributed by atoms with van der Waals surface area (Å²) in [5, 5.41) is 10.1. The number of aryl methyl sites for hydroxylation is 2. The Morgan fingerprint density at radius 2 is 1.95 bits per heavy atom. The molecule has 1 aromatic rings. The molecule has 2 nitrogen and oxygen atoms in total. The number of rotatable bonds is 3. The predicted molar refractivity (Wildman–Crippen MR) is 78.7 cm³/mol. The summed E-state index contributed by atoms with van der Waals surface area (Å²) < 4.78 is 6.14. The molecular weight excluding hydrogens is 236 g/mol. The van der Waals surface area contributed by atoms with Crippen molar-refractivity contribution in [2.45, 2.75) is 65.6 Å². The van der Waals surface area contributed by atoms with Gasteiger partial charge in [0.2, 0.25) is 0 Å². The number of aliphatic hydroxyl groups is 1. The number of aliphatic hydroxyl groups excluding tert-OH is 1. The second-order valence-electron chi connectivity index (χ2n) is 6.02. The van der Waals surface area contributed by atoms with Gasteiger partial charge in [-0.15, -0.1) is 0 Å². The highest BCUT2D eigenvalue weighted by atomic mass is 16.5. The summed E-state index contributed by atoms with van der Waals surface area (Å²) in [5.41, 5.74) is 3.67. The second-order valence-corrected chi connectivity index (χ2v) is 6.02. The van der Waals surface area contributed by atoms with E-state index in [1.807, 2.05) is 0 Å². The molecule has 0 bridgehead atoms. The summed E-state index contributed by atoms with van der Waals surface area (Å²) in [6.45, 7) is 8.52. The fourth-order valence-electron chi connectivity index (χ4n) is 2.98. The predicted octanol–water partition coefficient (Wildman–Crippen LogP) is 3.93. The Labute approximate surface area is 116 Å². The van der Waals surface area contributed by atoms with Gasteiger partial charge in [-0.25, -0.2) is 0 Å². The minimum atomic E-state index is -0.317. The monoisotopic (exact) mass is 262 g/mol. The summed E-state index contributed by atoms with van der Waals surface area (Å²) in [7, 11) is 0. The van der Waals surface area contributed by atoms with Crippen molar-refractivity contribution >= 4 is 0 Å². The standard InChI is InChI=1S/C17H26O2/c1-5-14-6-7-15(18)17(10-14)19-16-9-11(2)8-12(3)13(16)4/h8-9,14-15,17-18H,5-7,10H2,1-4H3. The van der Waals surface area contributed by atoms with E-state index in [4.69, 9.17) is 4.74 Å². The van der Waals surface area contributed by atoms with E-state index in [1.54, 1.807) is 0 Å². The third-order valence-electron chi connectivity index (χ3n) is 4.49. The molecule has 0 aromatic heterocycles. The Hall–Kier alpha value is -1.02. The number of hydrogen-bond donors (Lipinski definition) is 1. The Balaban J connectivity index is 2.15. The Morgan fingerprint density at radius 1 is 1.21 bits per heavy atom. The average Bonchev–Trinajstić information content (AvgIpc) is 2.38. The molecule has 2 heteroatoms. The molecule has 1 aliphatic carbocycles. The maximum Gasteiger partial charge on any atom is 0.125 e. The van der Waals surface area contributed by atoms with Crippen LogP contribution in [0.5, 0.6) is 5.75 Å². The molecular formula is C17H26O2. The van der Waals surface area contributed by atoms with Crippen LogP contribution in [0.1, 0.15) is 49.3 Å². The molecule has 2 rings (SSSR count). The van der Waals surface area contributed by atoms with Gasteiger partial charge < -0.3 is 9.84 Å². The molecule has 19 heavy (non-hydrogen) atoms. The molecule has 0 heterocycles. The highest BCUT2D eigenvalue weighted by Crippen LogP contribution is 2.32. The molecule has 0 amide bonds. The van der Waals surface area contributed by atoms with Crippen molar-refractivity contribution in [2.24, 2.45) is 5.92 Å². The maximum absolute atomic E-state index is 10.1. The molecule has 1 fully saturated rings. The van der Waals surface area contributed by atoms with Gasteiger partial charge in [0.15, 0.2) is 0 Å². The van der Waals surface area contributed by atoms with Crippen LogP contribution in [0.25, 0.3) is 0 Å². The van der Waals surface area contributed by atoms with Crippen LogP contribution in [0.15, 0.2) is 12.1 Å². The number of ether oxygens (including phenoxy) is 1. The minimum absolute atomic E-state index is 0.0430. The van der Waals surface area contributed by atoms with E-state index in [0.29, 0.717) is 5.92 Å². The van der Waals surface area contributed by atoms with Crippen LogP contribution in [0.4, 0.5) is 0 Å². The fraction of sp³-hybridized carbons (Fsp3) is 0.647. The molecule has 0 saturated heterocycles. The third kappa shape index (κ3) is 3.30. The molecule has 3 atom stereocenters. The lowest BCUT2D eigenvalue weighted by atomic mass is 9.84. The molecule has 0 aliphatic heterocycles. The van der Waals surface area contributed by atoms with Crippen LogP contribution < -0.4 is 4.74 Å². The molecule has 3 unspecified atom stereocenters. The third-order valence-corrected chi connectivity index (χ3v) is 4.49. The molecule has 0 spiro atoms.